The lowest BCUT2D eigenvalue weighted by molar-refractivity contribution is -0.175. The van der Waals surface area contributed by atoms with Gasteiger partial charge in [-0.1, -0.05) is 17.7 Å². The van der Waals surface area contributed by atoms with Crippen LogP contribution < -0.4 is 10.4 Å². The van der Waals surface area contributed by atoms with Crippen molar-refractivity contribution in [1.29, 1.82) is 0 Å². The second-order valence-corrected chi connectivity index (χ2v) is 8.16. The van der Waals surface area contributed by atoms with Crippen LogP contribution in [0.4, 0.5) is 0 Å². The van der Waals surface area contributed by atoms with Crippen LogP contribution in [-0.4, -0.2) is 23.6 Å². The van der Waals surface area contributed by atoms with Gasteiger partial charge in [0, 0.05) is 23.4 Å². The Morgan fingerprint density at radius 2 is 1.81 bits per heavy atom. The van der Waals surface area contributed by atoms with Crippen LogP contribution >= 0.6 is 11.6 Å². The first-order valence-corrected chi connectivity index (χ1v) is 9.93. The molecule has 8 heteroatoms. The van der Waals surface area contributed by atoms with E-state index in [9.17, 15) is 14.4 Å². The maximum absolute atomic E-state index is 13.0. The summed E-state index contributed by atoms with van der Waals surface area (Å²) < 4.78 is 22.9. The van der Waals surface area contributed by atoms with Crippen LogP contribution in [0.25, 0.3) is 11.0 Å². The fourth-order valence-corrected chi connectivity index (χ4v) is 3.84. The summed E-state index contributed by atoms with van der Waals surface area (Å²) in [5.41, 5.74) is -0.880. The van der Waals surface area contributed by atoms with Gasteiger partial charge in [0.05, 0.1) is 11.1 Å². The molecule has 160 valence electrons. The van der Waals surface area contributed by atoms with Crippen LogP contribution in [-0.2, 0) is 14.3 Å². The number of benzene rings is 2. The second kappa shape index (κ2) is 7.74. The van der Waals surface area contributed by atoms with Gasteiger partial charge in [-0.25, -0.2) is 9.59 Å². The van der Waals surface area contributed by atoms with E-state index < -0.39 is 35.4 Å². The lowest BCUT2D eigenvalue weighted by Crippen LogP contribution is -2.52. The molecule has 1 aromatic heterocycles. The monoisotopic (exact) mass is 442 g/mol. The highest BCUT2D eigenvalue weighted by molar-refractivity contribution is 6.30. The summed E-state index contributed by atoms with van der Waals surface area (Å²) >= 11 is 6.00. The van der Waals surface area contributed by atoms with E-state index in [1.807, 2.05) is 0 Å². The Kier molecular flexibility index (Phi) is 5.23. The number of carbonyl (C=O) groups excluding carboxylic acids is 2. The van der Waals surface area contributed by atoms with Crippen molar-refractivity contribution in [3.63, 3.8) is 0 Å². The smallest absolute Gasteiger partial charge is 0.338 e. The summed E-state index contributed by atoms with van der Waals surface area (Å²) in [5, 5.41) is 0.974. The van der Waals surface area contributed by atoms with Crippen LogP contribution in [0, 0.1) is 0 Å². The standard InChI is InChI=1S/C23H19ClO7/c1-12(25)28-21-20(30-22(27)14-5-4-6-15(24)11-14)18-16(31-23(21,2)3)9-7-13-8-10-17(26)29-19(13)18/h4-11,20-21H,1-3H3/t20-,21+/m0/s1. The van der Waals surface area contributed by atoms with E-state index in [0.29, 0.717) is 21.7 Å². The van der Waals surface area contributed by atoms with Gasteiger partial charge in [0.1, 0.15) is 16.9 Å². The molecule has 0 saturated carbocycles. The summed E-state index contributed by atoms with van der Waals surface area (Å²) in [6, 6.07) is 12.6. The van der Waals surface area contributed by atoms with Gasteiger partial charge in [-0.15, -0.1) is 0 Å². The minimum atomic E-state index is -1.09. The number of esters is 2. The molecule has 0 spiro atoms. The third-order valence-corrected chi connectivity index (χ3v) is 5.23. The maximum Gasteiger partial charge on any atom is 0.338 e. The molecule has 2 heterocycles. The van der Waals surface area contributed by atoms with Crippen LogP contribution in [0.3, 0.4) is 0 Å². The lowest BCUT2D eigenvalue weighted by Gasteiger charge is -2.43. The Hall–Kier alpha value is -3.32. The zero-order valence-electron chi connectivity index (χ0n) is 17.0. The predicted molar refractivity (Wildman–Crippen MR) is 112 cm³/mol. The average molecular weight is 443 g/mol. The molecule has 0 saturated heterocycles. The Labute approximate surface area is 182 Å². The van der Waals surface area contributed by atoms with Crippen molar-refractivity contribution in [1.82, 2.24) is 0 Å². The molecule has 0 amide bonds. The van der Waals surface area contributed by atoms with Crippen molar-refractivity contribution in [2.24, 2.45) is 0 Å². The first kappa shape index (κ1) is 20.9. The van der Waals surface area contributed by atoms with Crippen LogP contribution in [0.15, 0.2) is 57.7 Å². The van der Waals surface area contributed by atoms with E-state index in [2.05, 4.69) is 0 Å². The topological polar surface area (TPSA) is 92.0 Å². The molecule has 2 atom stereocenters. The molecular formula is C23H19ClO7. The van der Waals surface area contributed by atoms with Gasteiger partial charge in [-0.2, -0.15) is 0 Å². The summed E-state index contributed by atoms with van der Waals surface area (Å²) in [5.74, 6) is -0.890. The van der Waals surface area contributed by atoms with E-state index in [-0.39, 0.29) is 11.1 Å². The van der Waals surface area contributed by atoms with Crippen molar-refractivity contribution < 1.29 is 28.2 Å². The van der Waals surface area contributed by atoms with E-state index in [1.54, 1.807) is 50.2 Å². The summed E-state index contributed by atoms with van der Waals surface area (Å²) in [6.07, 6.45) is -2.10. The number of hydrogen-bond donors (Lipinski definition) is 0. The Balaban J connectivity index is 1.89. The third-order valence-electron chi connectivity index (χ3n) is 4.99. The van der Waals surface area contributed by atoms with Crippen molar-refractivity contribution in [3.8, 4) is 5.75 Å². The molecule has 0 N–H and O–H groups in total. The number of rotatable bonds is 3. The van der Waals surface area contributed by atoms with Gasteiger partial charge in [-0.05, 0) is 50.2 Å². The van der Waals surface area contributed by atoms with Crippen LogP contribution in [0.1, 0.15) is 42.8 Å². The van der Waals surface area contributed by atoms with Crippen LogP contribution in [0.2, 0.25) is 5.02 Å². The van der Waals surface area contributed by atoms with Crippen molar-refractivity contribution in [3.05, 3.63) is 75.1 Å². The minimum absolute atomic E-state index is 0.196. The molecule has 0 fully saturated rings. The van der Waals surface area contributed by atoms with Gasteiger partial charge in [-0.3, -0.25) is 4.79 Å². The zero-order valence-corrected chi connectivity index (χ0v) is 17.8. The maximum atomic E-state index is 13.0. The molecule has 31 heavy (non-hydrogen) atoms. The Bertz CT molecular complexity index is 1240. The fraction of sp³-hybridized carbons (Fsp3) is 0.261. The quantitative estimate of drug-likeness (QED) is 0.437. The fourth-order valence-electron chi connectivity index (χ4n) is 3.65. The van der Waals surface area contributed by atoms with Gasteiger partial charge >= 0.3 is 17.6 Å². The first-order valence-electron chi connectivity index (χ1n) is 9.55. The molecule has 4 rings (SSSR count). The summed E-state index contributed by atoms with van der Waals surface area (Å²) in [6.45, 7) is 4.69. The number of halogens is 1. The number of carbonyl (C=O) groups is 2. The number of hydrogen-bond acceptors (Lipinski definition) is 7. The zero-order chi connectivity index (χ0) is 22.3. The Morgan fingerprint density at radius 1 is 1.06 bits per heavy atom. The summed E-state index contributed by atoms with van der Waals surface area (Å²) in [4.78, 5) is 36.8. The van der Waals surface area contributed by atoms with E-state index in [0.717, 1.165) is 0 Å². The lowest BCUT2D eigenvalue weighted by atomic mass is 9.87. The molecule has 1 aliphatic rings. The van der Waals surface area contributed by atoms with Crippen molar-refractivity contribution in [2.75, 3.05) is 0 Å². The SMILES string of the molecule is CC(=O)O[C@@H]1[C@@H](OC(=O)c2cccc(Cl)c2)c2c(ccc3ccc(=O)oc23)OC1(C)C. The van der Waals surface area contributed by atoms with Gasteiger partial charge < -0.3 is 18.6 Å². The average Bonchev–Trinajstić information content (AvgIpc) is 2.69. The van der Waals surface area contributed by atoms with Gasteiger partial charge in [0.15, 0.2) is 12.2 Å². The molecule has 1 aliphatic heterocycles. The van der Waals surface area contributed by atoms with E-state index in [4.69, 9.17) is 30.2 Å². The van der Waals surface area contributed by atoms with Gasteiger partial charge in [0.2, 0.25) is 0 Å². The molecule has 0 radical (unpaired) electrons. The normalized spacial score (nSPS) is 19.2. The largest absolute Gasteiger partial charge is 0.483 e. The molecule has 0 bridgehead atoms. The van der Waals surface area contributed by atoms with Crippen molar-refractivity contribution in [2.45, 2.75) is 38.6 Å². The predicted octanol–water partition coefficient (Wildman–Crippen LogP) is 4.45. The molecule has 3 aromatic rings. The van der Waals surface area contributed by atoms with Gasteiger partial charge in [0.25, 0.3) is 0 Å². The molecular weight excluding hydrogens is 424 g/mol. The highest BCUT2D eigenvalue weighted by Crippen LogP contribution is 2.46. The molecule has 0 unspecified atom stereocenters. The highest BCUT2D eigenvalue weighted by atomic mass is 35.5. The highest BCUT2D eigenvalue weighted by Gasteiger charge is 2.50. The molecule has 0 aliphatic carbocycles. The third kappa shape index (κ3) is 4.01. The van der Waals surface area contributed by atoms with E-state index in [1.165, 1.54) is 19.1 Å². The summed E-state index contributed by atoms with van der Waals surface area (Å²) in [7, 11) is 0. The Morgan fingerprint density at radius 3 is 2.52 bits per heavy atom. The first-order chi connectivity index (χ1) is 14.7. The van der Waals surface area contributed by atoms with Crippen molar-refractivity contribution >= 4 is 34.5 Å². The molecule has 7 nitrogen and oxygen atoms in total. The molecule has 2 aromatic carbocycles. The number of fused-ring (bicyclic) bond motifs is 3. The minimum Gasteiger partial charge on any atom is -0.483 e. The number of ether oxygens (including phenoxy) is 3. The second-order valence-electron chi connectivity index (χ2n) is 7.72. The van der Waals surface area contributed by atoms with Crippen LogP contribution in [0.5, 0.6) is 5.75 Å². The van der Waals surface area contributed by atoms with E-state index >= 15 is 0 Å².